The van der Waals surface area contributed by atoms with Gasteiger partial charge in [-0.05, 0) is 60.7 Å². The number of ether oxygens (including phenoxy) is 3. The van der Waals surface area contributed by atoms with E-state index in [0.717, 1.165) is 17.1 Å². The molecule has 1 saturated heterocycles. The van der Waals surface area contributed by atoms with E-state index in [1.54, 1.807) is 26.5 Å². The Labute approximate surface area is 220 Å². The van der Waals surface area contributed by atoms with Gasteiger partial charge in [-0.25, -0.2) is 4.79 Å². The summed E-state index contributed by atoms with van der Waals surface area (Å²) in [4.78, 5) is 19.3. The molecule has 3 heterocycles. The number of methoxy groups -OCH3 is 3. The van der Waals surface area contributed by atoms with Gasteiger partial charge >= 0.3 is 5.97 Å². The second-order valence-electron chi connectivity index (χ2n) is 8.35. The summed E-state index contributed by atoms with van der Waals surface area (Å²) in [6.45, 7) is 0. The van der Waals surface area contributed by atoms with Crippen LogP contribution in [0.25, 0.3) is 5.69 Å². The van der Waals surface area contributed by atoms with Crippen molar-refractivity contribution in [1.82, 2.24) is 14.9 Å². The monoisotopic (exact) mass is 514 g/mol. The second-order valence-corrected chi connectivity index (χ2v) is 8.73. The van der Waals surface area contributed by atoms with Gasteiger partial charge < -0.3 is 29.0 Å². The fourth-order valence-electron chi connectivity index (χ4n) is 4.72. The molecule has 37 heavy (non-hydrogen) atoms. The van der Waals surface area contributed by atoms with Crippen LogP contribution in [-0.2, 0) is 4.74 Å². The summed E-state index contributed by atoms with van der Waals surface area (Å²) in [6, 6.07) is 22.1. The number of rotatable bonds is 7. The SMILES string of the molecule is COC(=O)c1ccccc1-n1cccc1[C@H]1[C@H](c2ccccn2)NC(=S)N1c1cc(OC)ccc1OC. The lowest BCUT2D eigenvalue weighted by molar-refractivity contribution is 0.0600. The van der Waals surface area contributed by atoms with Crippen molar-refractivity contribution < 1.29 is 19.0 Å². The number of pyridine rings is 1. The van der Waals surface area contributed by atoms with Crippen molar-refractivity contribution in [2.75, 3.05) is 26.2 Å². The minimum Gasteiger partial charge on any atom is -0.497 e. The maximum Gasteiger partial charge on any atom is 0.339 e. The van der Waals surface area contributed by atoms with E-state index in [2.05, 4.69) is 10.3 Å². The molecule has 0 aliphatic carbocycles. The second kappa shape index (κ2) is 10.3. The Morgan fingerprint density at radius 2 is 1.76 bits per heavy atom. The van der Waals surface area contributed by atoms with E-state index >= 15 is 0 Å². The van der Waals surface area contributed by atoms with Crippen LogP contribution in [0.15, 0.2) is 85.2 Å². The molecule has 0 amide bonds. The molecule has 2 atom stereocenters. The van der Waals surface area contributed by atoms with E-state index in [1.165, 1.54) is 7.11 Å². The van der Waals surface area contributed by atoms with Crippen molar-refractivity contribution in [3.63, 3.8) is 0 Å². The number of benzene rings is 2. The molecule has 4 aromatic rings. The first kappa shape index (κ1) is 24.3. The van der Waals surface area contributed by atoms with Gasteiger partial charge in [0.25, 0.3) is 0 Å². The molecule has 188 valence electrons. The summed E-state index contributed by atoms with van der Waals surface area (Å²) in [5.74, 6) is 0.901. The third-order valence-corrected chi connectivity index (χ3v) is 6.71. The van der Waals surface area contributed by atoms with E-state index in [-0.39, 0.29) is 12.1 Å². The molecule has 8 nitrogen and oxygen atoms in total. The number of esters is 1. The van der Waals surface area contributed by atoms with Gasteiger partial charge in [-0.2, -0.15) is 0 Å². The molecule has 0 radical (unpaired) electrons. The molecule has 0 unspecified atom stereocenters. The highest BCUT2D eigenvalue weighted by Gasteiger charge is 2.43. The number of aromatic nitrogens is 2. The first-order valence-electron chi connectivity index (χ1n) is 11.6. The van der Waals surface area contributed by atoms with Crippen molar-refractivity contribution in [3.8, 4) is 17.2 Å². The van der Waals surface area contributed by atoms with Gasteiger partial charge in [0.15, 0.2) is 5.11 Å². The number of para-hydroxylation sites is 1. The molecule has 2 aromatic carbocycles. The summed E-state index contributed by atoms with van der Waals surface area (Å²) in [5, 5.41) is 3.98. The van der Waals surface area contributed by atoms with Crippen LogP contribution >= 0.6 is 12.2 Å². The highest BCUT2D eigenvalue weighted by atomic mass is 32.1. The van der Waals surface area contributed by atoms with Crippen molar-refractivity contribution in [2.24, 2.45) is 0 Å². The Morgan fingerprint density at radius 1 is 0.946 bits per heavy atom. The third-order valence-electron chi connectivity index (χ3n) is 6.40. The topological polar surface area (TPSA) is 77.9 Å². The summed E-state index contributed by atoms with van der Waals surface area (Å²) in [7, 11) is 4.62. The molecule has 5 rings (SSSR count). The van der Waals surface area contributed by atoms with E-state index in [4.69, 9.17) is 26.4 Å². The van der Waals surface area contributed by atoms with Crippen LogP contribution in [0.2, 0.25) is 0 Å². The van der Waals surface area contributed by atoms with Gasteiger partial charge in [-0.1, -0.05) is 18.2 Å². The average molecular weight is 515 g/mol. The number of nitrogens with zero attached hydrogens (tertiary/aromatic N) is 3. The van der Waals surface area contributed by atoms with Gasteiger partial charge in [0, 0.05) is 24.2 Å². The molecule has 0 saturated carbocycles. The van der Waals surface area contributed by atoms with E-state index < -0.39 is 5.97 Å². The maximum absolute atomic E-state index is 12.6. The Morgan fingerprint density at radius 3 is 2.49 bits per heavy atom. The molecule has 0 bridgehead atoms. The number of carbonyl (C=O) groups excluding carboxylic acids is 1. The molecule has 1 aliphatic heterocycles. The summed E-state index contributed by atoms with van der Waals surface area (Å²) >= 11 is 5.89. The van der Waals surface area contributed by atoms with Crippen molar-refractivity contribution in [2.45, 2.75) is 12.1 Å². The summed E-state index contributed by atoms with van der Waals surface area (Å²) < 4.78 is 18.3. The maximum atomic E-state index is 12.6. The van der Waals surface area contributed by atoms with Gasteiger partial charge in [0.1, 0.15) is 17.5 Å². The zero-order chi connectivity index (χ0) is 25.9. The van der Waals surface area contributed by atoms with Crippen LogP contribution in [0.1, 0.15) is 33.8 Å². The fraction of sp³-hybridized carbons (Fsp3) is 0.179. The minimum atomic E-state index is -0.414. The number of hydrogen-bond acceptors (Lipinski definition) is 6. The van der Waals surface area contributed by atoms with Crippen LogP contribution < -0.4 is 19.7 Å². The zero-order valence-electron chi connectivity index (χ0n) is 20.6. The lowest BCUT2D eigenvalue weighted by Gasteiger charge is -2.30. The number of hydrogen-bond donors (Lipinski definition) is 1. The lowest BCUT2D eigenvalue weighted by Crippen LogP contribution is -2.30. The Kier molecular flexibility index (Phi) is 6.78. The molecule has 9 heteroatoms. The Bertz CT molecular complexity index is 1440. The van der Waals surface area contributed by atoms with Gasteiger partial charge in [0.2, 0.25) is 0 Å². The number of nitrogens with one attached hydrogen (secondary N) is 1. The quantitative estimate of drug-likeness (QED) is 0.277. The predicted octanol–water partition coefficient (Wildman–Crippen LogP) is 4.85. The number of thiocarbonyl (C=S) groups is 1. The fourth-order valence-corrected chi connectivity index (χ4v) is 5.06. The zero-order valence-corrected chi connectivity index (χ0v) is 21.4. The van der Waals surface area contributed by atoms with Crippen molar-refractivity contribution >= 4 is 29.0 Å². The van der Waals surface area contributed by atoms with Crippen LogP contribution in [0.4, 0.5) is 5.69 Å². The van der Waals surface area contributed by atoms with Crippen LogP contribution in [0.5, 0.6) is 11.5 Å². The average Bonchev–Trinajstić information content (AvgIpc) is 3.56. The molecule has 1 N–H and O–H groups in total. The highest BCUT2D eigenvalue weighted by Crippen LogP contribution is 2.46. The first-order chi connectivity index (χ1) is 18.1. The normalized spacial score (nSPS) is 16.8. The Balaban J connectivity index is 1.72. The largest absolute Gasteiger partial charge is 0.497 e. The number of carbonyl (C=O) groups is 1. The van der Waals surface area contributed by atoms with E-state index in [9.17, 15) is 4.79 Å². The summed E-state index contributed by atoms with van der Waals surface area (Å²) in [5.41, 5.74) is 3.62. The van der Waals surface area contributed by atoms with Crippen molar-refractivity contribution in [3.05, 3.63) is 102 Å². The minimum absolute atomic E-state index is 0.288. The first-order valence-corrected chi connectivity index (χ1v) is 12.1. The van der Waals surface area contributed by atoms with Gasteiger partial charge in [-0.15, -0.1) is 0 Å². The molecule has 2 aromatic heterocycles. The number of anilines is 1. The lowest BCUT2D eigenvalue weighted by atomic mass is 10.00. The third kappa shape index (κ3) is 4.38. The van der Waals surface area contributed by atoms with Crippen molar-refractivity contribution in [1.29, 1.82) is 0 Å². The standard InChI is InChI=1S/C28H26N4O4S/c1-34-18-13-14-24(35-2)23(17-18)32-26(25(30-28(32)37)20-10-6-7-15-29-20)22-12-8-16-31(22)21-11-5-4-9-19(21)27(33)36-3/h4-17,25-26H,1-3H3,(H,30,37)/t25-,26-/m0/s1. The van der Waals surface area contributed by atoms with Crippen LogP contribution in [0.3, 0.4) is 0 Å². The van der Waals surface area contributed by atoms with Gasteiger partial charge in [0.05, 0.1) is 50.0 Å². The molecule has 0 spiro atoms. The molecular weight excluding hydrogens is 488 g/mol. The molecular formula is C28H26N4O4S. The van der Waals surface area contributed by atoms with Crippen LogP contribution in [-0.4, -0.2) is 42.0 Å². The highest BCUT2D eigenvalue weighted by molar-refractivity contribution is 7.80. The van der Waals surface area contributed by atoms with E-state index in [1.807, 2.05) is 82.4 Å². The van der Waals surface area contributed by atoms with E-state index in [0.29, 0.717) is 27.9 Å². The molecule has 1 fully saturated rings. The smallest absolute Gasteiger partial charge is 0.339 e. The van der Waals surface area contributed by atoms with Crippen LogP contribution in [0, 0.1) is 0 Å². The van der Waals surface area contributed by atoms with Gasteiger partial charge in [-0.3, -0.25) is 4.98 Å². The Hall–Kier alpha value is -4.37. The summed E-state index contributed by atoms with van der Waals surface area (Å²) in [6.07, 6.45) is 3.69. The predicted molar refractivity (Wildman–Crippen MR) is 145 cm³/mol. The molecule has 1 aliphatic rings.